The third kappa shape index (κ3) is 3.59. The predicted octanol–water partition coefficient (Wildman–Crippen LogP) is -0.323. The van der Waals surface area contributed by atoms with Crippen LogP contribution in [0.25, 0.3) is 0 Å². The highest BCUT2D eigenvalue weighted by atomic mass is 16.5. The molecule has 4 heterocycles. The Morgan fingerprint density at radius 3 is 2.92 bits per heavy atom. The lowest BCUT2D eigenvalue weighted by molar-refractivity contribution is -0.126. The second-order valence-electron chi connectivity index (χ2n) is 6.83. The molecule has 3 aliphatic heterocycles. The average Bonchev–Trinajstić information content (AvgIpc) is 3.08. The van der Waals surface area contributed by atoms with E-state index in [4.69, 9.17) is 4.74 Å². The molecular weight excluding hydrogens is 322 g/mol. The number of hydrogen-bond acceptors (Lipinski definition) is 6. The number of amides is 2. The van der Waals surface area contributed by atoms with Crippen molar-refractivity contribution in [2.45, 2.75) is 12.5 Å². The van der Waals surface area contributed by atoms with Crippen LogP contribution < -0.4 is 15.5 Å². The zero-order valence-corrected chi connectivity index (χ0v) is 14.1. The first-order valence-electron chi connectivity index (χ1n) is 8.79. The molecule has 0 saturated carbocycles. The smallest absolute Gasteiger partial charge is 0.239 e. The number of piperazine rings is 1. The number of carbonyl (C=O) groups excluding carboxylic acids is 2. The fraction of sp³-hybridized carbons (Fsp3) is 0.588. The quantitative estimate of drug-likeness (QED) is 0.778. The summed E-state index contributed by atoms with van der Waals surface area (Å²) in [5.74, 6) is 0.838. The van der Waals surface area contributed by atoms with E-state index in [2.05, 4.69) is 20.5 Å². The molecule has 3 fully saturated rings. The molecule has 25 heavy (non-hydrogen) atoms. The summed E-state index contributed by atoms with van der Waals surface area (Å²) in [5, 5.41) is 5.73. The molecule has 0 radical (unpaired) electrons. The summed E-state index contributed by atoms with van der Waals surface area (Å²) in [6.07, 6.45) is 2.72. The van der Waals surface area contributed by atoms with Crippen LogP contribution in [-0.2, 0) is 14.3 Å². The van der Waals surface area contributed by atoms with Crippen molar-refractivity contribution in [1.82, 2.24) is 15.2 Å². The van der Waals surface area contributed by atoms with Gasteiger partial charge in [0.1, 0.15) is 5.82 Å². The highest BCUT2D eigenvalue weighted by molar-refractivity contribution is 5.93. The van der Waals surface area contributed by atoms with Gasteiger partial charge in [0.2, 0.25) is 11.8 Å². The predicted molar refractivity (Wildman–Crippen MR) is 92.4 cm³/mol. The van der Waals surface area contributed by atoms with Gasteiger partial charge in [0.25, 0.3) is 0 Å². The number of hydrogen-bond donors (Lipinski definition) is 2. The molecule has 8 nitrogen and oxygen atoms in total. The molecular formula is C17H23N5O3. The Labute approximate surface area is 146 Å². The summed E-state index contributed by atoms with van der Waals surface area (Å²) < 4.78 is 5.39. The van der Waals surface area contributed by atoms with Gasteiger partial charge in [0.15, 0.2) is 0 Å². The van der Waals surface area contributed by atoms with E-state index in [0.717, 1.165) is 45.1 Å². The Balaban J connectivity index is 1.28. The van der Waals surface area contributed by atoms with Crippen LogP contribution in [0, 0.1) is 5.92 Å². The van der Waals surface area contributed by atoms with Crippen molar-refractivity contribution in [3.05, 3.63) is 18.3 Å². The lowest BCUT2D eigenvalue weighted by Crippen LogP contribution is -2.56. The zero-order valence-electron chi connectivity index (χ0n) is 14.1. The van der Waals surface area contributed by atoms with Crippen molar-refractivity contribution in [2.24, 2.45) is 5.92 Å². The second-order valence-corrected chi connectivity index (χ2v) is 6.83. The van der Waals surface area contributed by atoms with E-state index in [1.54, 1.807) is 6.20 Å². The molecule has 2 amide bonds. The molecule has 3 saturated heterocycles. The monoisotopic (exact) mass is 345 g/mol. The molecule has 0 spiro atoms. The van der Waals surface area contributed by atoms with E-state index in [0.29, 0.717) is 24.8 Å². The number of ether oxygens (including phenoxy) is 1. The Bertz CT molecular complexity index is 638. The maximum atomic E-state index is 12.3. The van der Waals surface area contributed by atoms with Gasteiger partial charge >= 0.3 is 0 Å². The van der Waals surface area contributed by atoms with Crippen LogP contribution in [0.15, 0.2) is 18.3 Å². The Morgan fingerprint density at radius 2 is 2.24 bits per heavy atom. The highest BCUT2D eigenvalue weighted by Gasteiger charge is 2.37. The van der Waals surface area contributed by atoms with E-state index >= 15 is 0 Å². The second kappa shape index (κ2) is 6.97. The maximum absolute atomic E-state index is 12.3. The normalized spacial score (nSPS) is 24.7. The van der Waals surface area contributed by atoms with Gasteiger partial charge in [-0.05, 0) is 18.6 Å². The molecule has 4 rings (SSSR count). The number of likely N-dealkylation sites (tertiary alicyclic amines) is 1. The van der Waals surface area contributed by atoms with Crippen LogP contribution >= 0.6 is 0 Å². The number of pyridine rings is 1. The van der Waals surface area contributed by atoms with Crippen LogP contribution in [0.5, 0.6) is 0 Å². The molecule has 1 atom stereocenters. The van der Waals surface area contributed by atoms with E-state index in [-0.39, 0.29) is 17.7 Å². The highest BCUT2D eigenvalue weighted by Crippen LogP contribution is 2.24. The molecule has 8 heteroatoms. The fourth-order valence-corrected chi connectivity index (χ4v) is 3.51. The van der Waals surface area contributed by atoms with Crippen LogP contribution in [0.4, 0.5) is 11.5 Å². The lowest BCUT2D eigenvalue weighted by Gasteiger charge is -2.41. The number of rotatable bonds is 4. The minimum atomic E-state index is 0.00706. The third-order valence-electron chi connectivity index (χ3n) is 5.08. The summed E-state index contributed by atoms with van der Waals surface area (Å²) in [7, 11) is 0. The van der Waals surface area contributed by atoms with Crippen LogP contribution in [0.1, 0.15) is 6.42 Å². The number of nitrogens with zero attached hydrogens (tertiary/aromatic N) is 3. The van der Waals surface area contributed by atoms with Crippen molar-refractivity contribution in [1.29, 1.82) is 0 Å². The molecule has 1 aromatic rings. The first-order valence-corrected chi connectivity index (χ1v) is 8.79. The van der Waals surface area contributed by atoms with E-state index in [1.807, 2.05) is 17.0 Å². The zero-order chi connectivity index (χ0) is 17.2. The van der Waals surface area contributed by atoms with Gasteiger partial charge in [0.05, 0.1) is 31.0 Å². The largest absolute Gasteiger partial charge is 0.380 e. The molecule has 0 aromatic carbocycles. The van der Waals surface area contributed by atoms with Crippen LogP contribution in [0.2, 0.25) is 0 Å². The van der Waals surface area contributed by atoms with Crippen molar-refractivity contribution in [3.63, 3.8) is 0 Å². The first-order chi connectivity index (χ1) is 12.2. The standard InChI is InChI=1S/C17H23N5O3/c23-16-10-21(5-4-18-16)15-2-1-13(7-19-15)20-17(24)12-8-22(9-12)14-3-6-25-11-14/h1-2,7,12,14H,3-6,8-11H2,(H,18,23)(H,20,24). The van der Waals surface area contributed by atoms with Gasteiger partial charge in [-0.15, -0.1) is 0 Å². The topological polar surface area (TPSA) is 86.8 Å². The van der Waals surface area contributed by atoms with Crippen molar-refractivity contribution >= 4 is 23.3 Å². The number of nitrogens with one attached hydrogen (secondary N) is 2. The minimum Gasteiger partial charge on any atom is -0.380 e. The van der Waals surface area contributed by atoms with Crippen molar-refractivity contribution in [2.75, 3.05) is 56.2 Å². The summed E-state index contributed by atoms with van der Waals surface area (Å²) in [5.41, 5.74) is 0.692. The molecule has 1 unspecified atom stereocenters. The Hall–Kier alpha value is -2.19. The number of carbonyl (C=O) groups is 2. The molecule has 134 valence electrons. The van der Waals surface area contributed by atoms with Gasteiger partial charge in [-0.3, -0.25) is 14.5 Å². The van der Waals surface area contributed by atoms with Gasteiger partial charge in [-0.25, -0.2) is 4.98 Å². The molecule has 3 aliphatic rings. The van der Waals surface area contributed by atoms with Crippen LogP contribution in [0.3, 0.4) is 0 Å². The van der Waals surface area contributed by atoms with Gasteiger partial charge in [-0.1, -0.05) is 0 Å². The number of anilines is 2. The van der Waals surface area contributed by atoms with Crippen molar-refractivity contribution < 1.29 is 14.3 Å². The van der Waals surface area contributed by atoms with Crippen LogP contribution in [-0.4, -0.2) is 73.7 Å². The summed E-state index contributed by atoms with van der Waals surface area (Å²) in [6, 6.07) is 4.16. The Kier molecular flexibility index (Phi) is 4.54. The van der Waals surface area contributed by atoms with E-state index < -0.39 is 0 Å². The van der Waals surface area contributed by atoms with E-state index in [1.165, 1.54) is 0 Å². The molecule has 2 N–H and O–H groups in total. The average molecular weight is 345 g/mol. The van der Waals surface area contributed by atoms with Gasteiger partial charge < -0.3 is 20.3 Å². The minimum absolute atomic E-state index is 0.00706. The SMILES string of the molecule is O=C1CN(c2ccc(NC(=O)C3CN(C4CCOC4)C3)cn2)CCN1. The lowest BCUT2D eigenvalue weighted by atomic mass is 9.96. The molecule has 0 aliphatic carbocycles. The molecule has 0 bridgehead atoms. The summed E-state index contributed by atoms with van der Waals surface area (Å²) in [4.78, 5) is 32.4. The van der Waals surface area contributed by atoms with Crippen molar-refractivity contribution in [3.8, 4) is 0 Å². The summed E-state index contributed by atoms with van der Waals surface area (Å²) >= 11 is 0. The van der Waals surface area contributed by atoms with Gasteiger partial charge in [0, 0.05) is 38.8 Å². The number of aromatic nitrogens is 1. The van der Waals surface area contributed by atoms with Gasteiger partial charge in [-0.2, -0.15) is 0 Å². The first kappa shape index (κ1) is 16.3. The maximum Gasteiger partial charge on any atom is 0.239 e. The molecule has 1 aromatic heterocycles. The third-order valence-corrected chi connectivity index (χ3v) is 5.08. The fourth-order valence-electron chi connectivity index (χ4n) is 3.51. The Morgan fingerprint density at radius 1 is 1.36 bits per heavy atom. The summed E-state index contributed by atoms with van der Waals surface area (Å²) in [6.45, 7) is 4.91. The van der Waals surface area contributed by atoms with E-state index in [9.17, 15) is 9.59 Å².